The molecule has 2 fully saturated rings. The van der Waals surface area contributed by atoms with Crippen molar-refractivity contribution >= 4 is 80.8 Å². The molecule has 6 heterocycles. The minimum absolute atomic E-state index is 0.421. The van der Waals surface area contributed by atoms with Gasteiger partial charge in [0.2, 0.25) is 0 Å². The molecular weight excluding hydrogens is 1020 g/mol. The van der Waals surface area contributed by atoms with Gasteiger partial charge in [0.05, 0.1) is 37.3 Å². The van der Waals surface area contributed by atoms with E-state index in [1.807, 2.05) is 6.92 Å². The number of imidazole rings is 2. The maximum absolute atomic E-state index is 11.4. The molecule has 0 saturated carbocycles. The number of aliphatic hydroxyl groups is 5. The third-order valence-electron chi connectivity index (χ3n) is 11.7. The normalized spacial score (nSPS) is 37.0. The van der Waals surface area contributed by atoms with Gasteiger partial charge in [-0.15, -0.1) is 0 Å². The number of rotatable bonds is 6. The quantitative estimate of drug-likeness (QED) is 0.119. The van der Waals surface area contributed by atoms with Crippen LogP contribution in [0.1, 0.15) is 78.4 Å². The van der Waals surface area contributed by atoms with Gasteiger partial charge in [0.25, 0.3) is 0 Å². The zero-order valence-electron chi connectivity index (χ0n) is 32.5. The Morgan fingerprint density at radius 2 is 1.07 bits per heavy atom. The number of hydrogen-bond donors (Lipinski definition) is 6. The molecule has 0 bridgehead atoms. The van der Waals surface area contributed by atoms with Gasteiger partial charge >= 0.3 is 49.4 Å². The van der Waals surface area contributed by atoms with Gasteiger partial charge in [0.15, 0.2) is 22.7 Å². The molecule has 18 nitrogen and oxygen atoms in total. The minimum atomic E-state index is -4.24. The molecular formula is C32H48I2N8O10PSV-. The van der Waals surface area contributed by atoms with Crippen LogP contribution in [0.4, 0.5) is 0 Å². The first-order valence-corrected chi connectivity index (χ1v) is 28.4. The Hall–Kier alpha value is -0.606. The van der Waals surface area contributed by atoms with E-state index in [1.54, 1.807) is 46.1 Å². The standard InChI is InChI=1S/C16H25N4O6PS.C16H24N4O4.2HI.V/c1-9-11-12(19-10(2)18-9)20(8-17-11)16(6)15(5,22)14(4,21)13(3,26-16)7-25-27(23,24)28;1-9-11-12(19-10(2)18-9)20(8-17-11)16(6)15(5,23)14(4,22)13(3,7-21)24-16;;;/h8,21-22H,7H2,1-6H3,(H2,23,24,28);8,21-23H,7H2,1-6H3;2*1H;/q;;;;+2/p-3. The number of aliphatic hydroxyl groups excluding tert-OH is 1. The van der Waals surface area contributed by atoms with Crippen LogP contribution in [0.2, 0.25) is 0 Å². The SMILES string of the molecule is Cc1nc(C)c2ncn(C3(C)OC(C)(CO)C(C)(O)C3(C)O)c2n1.Cc1nc(C)c2ncn(C3(C)OC(C)(COP([O-])(O)=S)C(C)(O)C3(C)O)c2n1.[I][V][I]. The van der Waals surface area contributed by atoms with Crippen LogP contribution in [-0.4, -0.2) is 116 Å². The number of aryl methyl sites for hydroxylation is 4. The first kappa shape index (κ1) is 47.1. The van der Waals surface area contributed by atoms with Crippen LogP contribution in [0, 0.1) is 27.7 Å². The summed E-state index contributed by atoms with van der Waals surface area (Å²) in [5.41, 5.74) is -9.66. The summed E-state index contributed by atoms with van der Waals surface area (Å²) in [5.74, 6) is 1.08. The molecule has 0 aromatic carbocycles. The first-order valence-electron chi connectivity index (χ1n) is 16.8. The molecule has 4 aromatic heterocycles. The number of fused-ring (bicyclic) bond motifs is 2. The number of aromatic nitrogens is 8. The molecule has 0 radical (unpaired) electrons. The molecule has 9 unspecified atom stereocenters. The first-order chi connectivity index (χ1) is 24.9. The molecule has 2 aliphatic heterocycles. The van der Waals surface area contributed by atoms with Crippen molar-refractivity contribution in [2.45, 2.75) is 128 Å². The summed E-state index contributed by atoms with van der Waals surface area (Å²) in [6, 6.07) is 0. The fourth-order valence-electron chi connectivity index (χ4n) is 7.32. The van der Waals surface area contributed by atoms with Crippen LogP contribution in [0.3, 0.4) is 0 Å². The number of hydrogen-bond acceptors (Lipinski definition) is 16. The molecule has 307 valence electrons. The van der Waals surface area contributed by atoms with Crippen molar-refractivity contribution in [1.29, 1.82) is 0 Å². The fourth-order valence-corrected chi connectivity index (χ4v) is 7.88. The molecule has 55 heavy (non-hydrogen) atoms. The van der Waals surface area contributed by atoms with Crippen LogP contribution in [0.15, 0.2) is 12.7 Å². The molecule has 6 rings (SSSR count). The van der Waals surface area contributed by atoms with Gasteiger partial charge in [-0.25, -0.2) is 29.9 Å². The summed E-state index contributed by atoms with van der Waals surface area (Å²) in [5, 5.41) is 54.6. The molecule has 0 amide bonds. The third-order valence-corrected chi connectivity index (χ3v) is 12.5. The predicted molar refractivity (Wildman–Crippen MR) is 216 cm³/mol. The Kier molecular flexibility index (Phi) is 13.2. The van der Waals surface area contributed by atoms with Crippen molar-refractivity contribution in [1.82, 2.24) is 39.0 Å². The van der Waals surface area contributed by atoms with E-state index in [4.69, 9.17) is 14.0 Å². The van der Waals surface area contributed by atoms with Crippen LogP contribution in [-0.2, 0) is 46.7 Å². The molecule has 9 atom stereocenters. The zero-order valence-corrected chi connectivity index (χ0v) is 39.9. The van der Waals surface area contributed by atoms with Gasteiger partial charge in [-0.05, 0) is 83.1 Å². The van der Waals surface area contributed by atoms with Crippen LogP contribution in [0.5, 0.6) is 0 Å². The van der Waals surface area contributed by atoms with Crippen LogP contribution < -0.4 is 4.89 Å². The van der Waals surface area contributed by atoms with Gasteiger partial charge in [0, 0.05) is 0 Å². The van der Waals surface area contributed by atoms with E-state index in [1.165, 1.54) is 51.8 Å². The van der Waals surface area contributed by atoms with Crippen molar-refractivity contribution in [2.75, 3.05) is 13.2 Å². The molecule has 6 N–H and O–H groups in total. The van der Waals surface area contributed by atoms with Crippen molar-refractivity contribution < 1.29 is 58.8 Å². The van der Waals surface area contributed by atoms with Gasteiger partial charge in [-0.3, -0.25) is 9.13 Å². The van der Waals surface area contributed by atoms with E-state index in [0.717, 1.165) is 0 Å². The Morgan fingerprint density at radius 3 is 1.40 bits per heavy atom. The summed E-state index contributed by atoms with van der Waals surface area (Å²) >= 11 is 9.12. The van der Waals surface area contributed by atoms with E-state index in [9.17, 15) is 35.3 Å². The van der Waals surface area contributed by atoms with E-state index in [0.29, 0.717) is 54.8 Å². The summed E-state index contributed by atoms with van der Waals surface area (Å²) in [4.78, 5) is 46.9. The van der Waals surface area contributed by atoms with Crippen molar-refractivity contribution in [3.63, 3.8) is 0 Å². The Labute approximate surface area is 353 Å². The van der Waals surface area contributed by atoms with Crippen molar-refractivity contribution in [3.05, 3.63) is 35.7 Å². The average Bonchev–Trinajstić information content (AvgIpc) is 3.73. The number of ether oxygens (including phenoxy) is 2. The second kappa shape index (κ2) is 15.5. The zero-order chi connectivity index (χ0) is 42.2. The molecule has 2 aliphatic rings. The van der Waals surface area contributed by atoms with Gasteiger partial charge in [-0.2, -0.15) is 0 Å². The Bertz CT molecular complexity index is 2140. The molecule has 0 spiro atoms. The van der Waals surface area contributed by atoms with Crippen LogP contribution >= 0.6 is 46.7 Å². The van der Waals surface area contributed by atoms with Gasteiger partial charge in [-0.1, -0.05) is 11.8 Å². The summed E-state index contributed by atoms with van der Waals surface area (Å²) in [7, 11) is 0.628. The van der Waals surface area contributed by atoms with Crippen molar-refractivity contribution in [2.24, 2.45) is 0 Å². The summed E-state index contributed by atoms with van der Waals surface area (Å²) in [6.45, 7) is 13.9. The van der Waals surface area contributed by atoms with Crippen molar-refractivity contribution in [3.8, 4) is 0 Å². The molecule has 23 heteroatoms. The van der Waals surface area contributed by atoms with E-state index < -0.39 is 65.0 Å². The topological polar surface area (TPSA) is 259 Å². The monoisotopic (exact) mass is 1070 g/mol. The third kappa shape index (κ3) is 7.47. The second-order valence-corrected chi connectivity index (χ2v) is 29.5. The van der Waals surface area contributed by atoms with E-state index in [2.05, 4.69) is 81.7 Å². The summed E-state index contributed by atoms with van der Waals surface area (Å²) < 4.78 is 20.2. The Morgan fingerprint density at radius 1 is 0.727 bits per heavy atom. The average molecular weight is 1070 g/mol. The van der Waals surface area contributed by atoms with Gasteiger partial charge in [0.1, 0.15) is 63.0 Å². The second-order valence-electron chi connectivity index (χ2n) is 15.2. The summed E-state index contributed by atoms with van der Waals surface area (Å²) in [6.07, 6.45) is 2.96. The van der Waals surface area contributed by atoms with Crippen LogP contribution in [0.25, 0.3) is 22.3 Å². The van der Waals surface area contributed by atoms with Gasteiger partial charge < -0.3 is 49.3 Å². The maximum atomic E-state index is 11.4. The molecule has 2 saturated heterocycles. The molecule has 4 aromatic rings. The Balaban J connectivity index is 0.000000231. The molecule has 0 aliphatic carbocycles. The van der Waals surface area contributed by atoms with E-state index in [-0.39, 0.29) is 0 Å². The predicted octanol–water partition coefficient (Wildman–Crippen LogP) is 2.17. The van der Waals surface area contributed by atoms with E-state index >= 15 is 0 Å². The number of nitrogens with zero attached hydrogens (tertiary/aromatic N) is 8. The number of halogens is 2. The fraction of sp³-hybridized carbons (Fsp3) is 0.688.